The summed E-state index contributed by atoms with van der Waals surface area (Å²) >= 11 is 1.45. The fraction of sp³-hybridized carbons (Fsp3) is 0.692. The van der Waals surface area contributed by atoms with Crippen molar-refractivity contribution in [2.45, 2.75) is 38.5 Å². The number of methoxy groups -OCH3 is 1. The summed E-state index contributed by atoms with van der Waals surface area (Å²) in [6, 6.07) is 0. The largest absolute Gasteiger partial charge is 0.481 e. The first-order valence-electron chi connectivity index (χ1n) is 6.40. The van der Waals surface area contributed by atoms with Gasteiger partial charge in [-0.1, -0.05) is 0 Å². The van der Waals surface area contributed by atoms with Crippen LogP contribution in [0.25, 0.3) is 0 Å². The standard InChI is InChI=1S/C13H22N2O3S/c1-13(2,11(16)17)10-9-19-12(15-10)14-7-5-4-6-8-18-3/h9H,4-8H2,1-3H3,(H,14,15)(H,16,17). The third-order valence-corrected chi connectivity index (χ3v) is 3.78. The molecular formula is C13H22N2O3S. The van der Waals surface area contributed by atoms with Gasteiger partial charge in [-0.05, 0) is 33.1 Å². The molecule has 0 aliphatic carbocycles. The van der Waals surface area contributed by atoms with Crippen LogP contribution < -0.4 is 5.32 Å². The van der Waals surface area contributed by atoms with E-state index in [1.165, 1.54) is 11.3 Å². The van der Waals surface area contributed by atoms with Gasteiger partial charge < -0.3 is 15.2 Å². The average molecular weight is 286 g/mol. The van der Waals surface area contributed by atoms with Crippen LogP contribution in [0.1, 0.15) is 38.8 Å². The van der Waals surface area contributed by atoms with Gasteiger partial charge in [0.05, 0.1) is 5.69 Å². The van der Waals surface area contributed by atoms with Crippen LogP contribution in [0.5, 0.6) is 0 Å². The van der Waals surface area contributed by atoms with Crippen molar-refractivity contribution in [3.05, 3.63) is 11.1 Å². The minimum absolute atomic E-state index is 0.604. The Morgan fingerprint density at radius 1 is 1.47 bits per heavy atom. The normalized spacial score (nSPS) is 11.5. The zero-order chi connectivity index (χ0) is 14.3. The van der Waals surface area contributed by atoms with E-state index >= 15 is 0 Å². The zero-order valence-corrected chi connectivity index (χ0v) is 12.5. The summed E-state index contributed by atoms with van der Waals surface area (Å²) in [6.45, 7) is 4.98. The van der Waals surface area contributed by atoms with E-state index in [1.54, 1.807) is 26.3 Å². The van der Waals surface area contributed by atoms with Crippen molar-refractivity contribution in [3.8, 4) is 0 Å². The van der Waals surface area contributed by atoms with E-state index in [0.717, 1.165) is 37.5 Å². The highest BCUT2D eigenvalue weighted by molar-refractivity contribution is 7.13. The van der Waals surface area contributed by atoms with Gasteiger partial charge in [0.25, 0.3) is 0 Å². The van der Waals surface area contributed by atoms with E-state index in [2.05, 4.69) is 10.3 Å². The quantitative estimate of drug-likeness (QED) is 0.683. The maximum atomic E-state index is 11.1. The van der Waals surface area contributed by atoms with E-state index in [0.29, 0.717) is 5.69 Å². The van der Waals surface area contributed by atoms with E-state index in [9.17, 15) is 4.79 Å². The molecule has 108 valence electrons. The number of thiazole rings is 1. The minimum Gasteiger partial charge on any atom is -0.481 e. The second-order valence-corrected chi connectivity index (χ2v) is 5.81. The maximum absolute atomic E-state index is 11.1. The summed E-state index contributed by atoms with van der Waals surface area (Å²) in [7, 11) is 1.71. The second kappa shape index (κ2) is 7.45. The molecule has 1 rings (SSSR count). The van der Waals surface area contributed by atoms with Gasteiger partial charge in [-0.15, -0.1) is 11.3 Å². The van der Waals surface area contributed by atoms with Crippen molar-refractivity contribution in [1.82, 2.24) is 4.98 Å². The number of carboxylic acid groups (broad SMARTS) is 1. The molecule has 0 spiro atoms. The number of aliphatic carboxylic acids is 1. The van der Waals surface area contributed by atoms with E-state index in [4.69, 9.17) is 9.84 Å². The Hall–Kier alpha value is -1.14. The van der Waals surface area contributed by atoms with Crippen LogP contribution in [0.4, 0.5) is 5.13 Å². The number of hydrogen-bond acceptors (Lipinski definition) is 5. The molecule has 1 heterocycles. The summed E-state index contributed by atoms with van der Waals surface area (Å²) in [4.78, 5) is 15.5. The van der Waals surface area contributed by atoms with Crippen molar-refractivity contribution in [2.75, 3.05) is 25.6 Å². The number of aromatic nitrogens is 1. The van der Waals surface area contributed by atoms with Gasteiger partial charge in [-0.3, -0.25) is 4.79 Å². The summed E-state index contributed by atoms with van der Waals surface area (Å²) in [6.07, 6.45) is 3.23. The molecule has 0 atom stereocenters. The van der Waals surface area contributed by atoms with E-state index < -0.39 is 11.4 Å². The van der Waals surface area contributed by atoms with Crippen LogP contribution in [-0.4, -0.2) is 36.3 Å². The topological polar surface area (TPSA) is 71.5 Å². The lowest BCUT2D eigenvalue weighted by molar-refractivity contribution is -0.142. The van der Waals surface area contributed by atoms with Gasteiger partial charge in [-0.2, -0.15) is 0 Å². The molecule has 0 saturated heterocycles. The van der Waals surface area contributed by atoms with Crippen LogP contribution in [0.15, 0.2) is 5.38 Å². The van der Waals surface area contributed by atoms with Gasteiger partial charge in [0.2, 0.25) is 0 Å². The molecule has 1 aromatic rings. The third-order valence-electron chi connectivity index (χ3n) is 2.98. The van der Waals surface area contributed by atoms with Crippen LogP contribution in [0, 0.1) is 0 Å². The number of rotatable bonds is 9. The third kappa shape index (κ3) is 4.80. The van der Waals surface area contributed by atoms with Crippen LogP contribution >= 0.6 is 11.3 Å². The van der Waals surface area contributed by atoms with E-state index in [-0.39, 0.29) is 0 Å². The van der Waals surface area contributed by atoms with Crippen LogP contribution in [-0.2, 0) is 14.9 Å². The predicted molar refractivity (Wildman–Crippen MR) is 77.0 cm³/mol. The highest BCUT2D eigenvalue weighted by atomic mass is 32.1. The maximum Gasteiger partial charge on any atom is 0.315 e. The molecule has 0 aromatic carbocycles. The number of ether oxygens (including phenoxy) is 1. The molecule has 2 N–H and O–H groups in total. The Balaban J connectivity index is 2.37. The van der Waals surface area contributed by atoms with Crippen molar-refractivity contribution in [3.63, 3.8) is 0 Å². The number of carbonyl (C=O) groups is 1. The number of nitrogens with zero attached hydrogens (tertiary/aromatic N) is 1. The Kier molecular flexibility index (Phi) is 6.24. The molecule has 0 bridgehead atoms. The molecule has 0 fully saturated rings. The summed E-state index contributed by atoms with van der Waals surface area (Å²) < 4.78 is 4.98. The SMILES string of the molecule is COCCCCCNc1nc(C(C)(C)C(=O)O)cs1. The Bertz CT molecular complexity index is 404. The highest BCUT2D eigenvalue weighted by Gasteiger charge is 2.32. The second-order valence-electron chi connectivity index (χ2n) is 4.95. The molecule has 1 aromatic heterocycles. The van der Waals surface area contributed by atoms with Gasteiger partial charge in [0.1, 0.15) is 5.41 Å². The predicted octanol–water partition coefficient (Wildman–Crippen LogP) is 2.73. The number of unbranched alkanes of at least 4 members (excludes halogenated alkanes) is 2. The Labute approximate surface area is 118 Å². The van der Waals surface area contributed by atoms with Gasteiger partial charge >= 0.3 is 5.97 Å². The monoisotopic (exact) mass is 286 g/mol. The van der Waals surface area contributed by atoms with Gasteiger partial charge in [0.15, 0.2) is 5.13 Å². The molecule has 0 aliphatic rings. The molecule has 0 aliphatic heterocycles. The average Bonchev–Trinajstić information content (AvgIpc) is 2.82. The molecule has 6 heteroatoms. The number of nitrogens with one attached hydrogen (secondary N) is 1. The fourth-order valence-electron chi connectivity index (χ4n) is 1.50. The Morgan fingerprint density at radius 3 is 2.84 bits per heavy atom. The van der Waals surface area contributed by atoms with Crippen LogP contribution in [0.2, 0.25) is 0 Å². The van der Waals surface area contributed by atoms with Gasteiger partial charge in [0, 0.05) is 25.6 Å². The molecule has 0 unspecified atom stereocenters. The lowest BCUT2D eigenvalue weighted by Gasteiger charge is -2.15. The van der Waals surface area contributed by atoms with Crippen molar-refractivity contribution in [1.29, 1.82) is 0 Å². The molecular weight excluding hydrogens is 264 g/mol. The molecule has 5 nitrogen and oxygen atoms in total. The van der Waals surface area contributed by atoms with Crippen molar-refractivity contribution >= 4 is 22.4 Å². The summed E-state index contributed by atoms with van der Waals surface area (Å²) in [5.74, 6) is -0.857. The number of anilines is 1. The highest BCUT2D eigenvalue weighted by Crippen LogP contribution is 2.27. The molecule has 19 heavy (non-hydrogen) atoms. The lowest BCUT2D eigenvalue weighted by atomic mass is 9.90. The van der Waals surface area contributed by atoms with E-state index in [1.807, 2.05) is 0 Å². The Morgan fingerprint density at radius 2 is 2.21 bits per heavy atom. The van der Waals surface area contributed by atoms with Crippen molar-refractivity contribution < 1.29 is 14.6 Å². The lowest BCUT2D eigenvalue weighted by Crippen LogP contribution is -2.28. The van der Waals surface area contributed by atoms with Crippen molar-refractivity contribution in [2.24, 2.45) is 0 Å². The minimum atomic E-state index is -0.936. The first-order valence-corrected chi connectivity index (χ1v) is 7.28. The zero-order valence-electron chi connectivity index (χ0n) is 11.7. The first kappa shape index (κ1) is 15.9. The number of carboxylic acids is 1. The number of hydrogen-bond donors (Lipinski definition) is 2. The molecule has 0 amide bonds. The van der Waals surface area contributed by atoms with Crippen LogP contribution in [0.3, 0.4) is 0 Å². The summed E-state index contributed by atoms with van der Waals surface area (Å²) in [5.41, 5.74) is -0.332. The summed E-state index contributed by atoms with van der Waals surface area (Å²) in [5, 5.41) is 15.0. The smallest absolute Gasteiger partial charge is 0.315 e. The first-order chi connectivity index (χ1) is 8.98. The molecule has 0 saturated carbocycles. The molecule has 0 radical (unpaired) electrons. The fourth-order valence-corrected chi connectivity index (χ4v) is 2.40. The van der Waals surface area contributed by atoms with Gasteiger partial charge in [-0.25, -0.2) is 4.98 Å².